The number of unbranched alkanes of at least 4 members (excludes halogenated alkanes) is 7. The van der Waals surface area contributed by atoms with Crippen LogP contribution in [0.3, 0.4) is 0 Å². The van der Waals surface area contributed by atoms with Crippen molar-refractivity contribution in [1.29, 1.82) is 0 Å². The van der Waals surface area contributed by atoms with Crippen LogP contribution in [0.2, 0.25) is 18.1 Å². The summed E-state index contributed by atoms with van der Waals surface area (Å²) < 4.78 is 48.8. The molecule has 1 aliphatic rings. The second-order valence-electron chi connectivity index (χ2n) is 11.1. The van der Waals surface area contributed by atoms with Crippen LogP contribution in [-0.4, -0.2) is 21.6 Å². The molecule has 206 valence electrons. The van der Waals surface area contributed by atoms with E-state index in [1.165, 1.54) is 87.2 Å². The van der Waals surface area contributed by atoms with E-state index in [0.717, 1.165) is 24.8 Å². The van der Waals surface area contributed by atoms with E-state index in [4.69, 9.17) is 4.74 Å². The van der Waals surface area contributed by atoms with Crippen molar-refractivity contribution in [2.45, 2.75) is 121 Å². The topological polar surface area (TPSA) is 9.23 Å². The van der Waals surface area contributed by atoms with Gasteiger partial charge in [0, 0.05) is 8.80 Å². The van der Waals surface area contributed by atoms with Gasteiger partial charge in [-0.3, -0.25) is 0 Å². The molecule has 0 amide bonds. The van der Waals surface area contributed by atoms with Gasteiger partial charge in [-0.25, -0.2) is 13.2 Å². The van der Waals surface area contributed by atoms with Gasteiger partial charge in [0.05, 0.1) is 0 Å². The summed E-state index contributed by atoms with van der Waals surface area (Å²) in [5.41, 5.74) is 2.59. The molecule has 2 aromatic rings. The molecule has 1 nitrogen and oxygen atoms in total. The van der Waals surface area contributed by atoms with Crippen LogP contribution in [0, 0.1) is 11.6 Å². The first-order valence-electron chi connectivity index (χ1n) is 14.9. The summed E-state index contributed by atoms with van der Waals surface area (Å²) in [6.07, 6.45) is 12.2. The molecule has 1 saturated heterocycles. The molecule has 0 N–H and O–H groups in total. The number of hydrogen-bond acceptors (Lipinski definition) is 1. The Labute approximate surface area is 224 Å². The molecule has 37 heavy (non-hydrogen) atoms. The van der Waals surface area contributed by atoms with Gasteiger partial charge in [-0.2, -0.15) is 0 Å². The highest BCUT2D eigenvalue weighted by atomic mass is 28.3. The van der Waals surface area contributed by atoms with E-state index in [-0.39, 0.29) is 6.61 Å². The zero-order valence-corrected chi connectivity index (χ0v) is 24.2. The number of halogens is 3. The molecular formula is C32H47F3OSi. The van der Waals surface area contributed by atoms with E-state index in [2.05, 4.69) is 26.0 Å². The Hall–Kier alpha value is -1.75. The van der Waals surface area contributed by atoms with E-state index in [1.54, 1.807) is 0 Å². The van der Waals surface area contributed by atoms with E-state index in [0.29, 0.717) is 17.9 Å². The Morgan fingerprint density at radius 3 is 2.05 bits per heavy atom. The molecule has 1 fully saturated rings. The minimum atomic E-state index is -1.22. The predicted octanol–water partition coefficient (Wildman–Crippen LogP) is 10.4. The Morgan fingerprint density at radius 2 is 1.41 bits per heavy atom. The quantitative estimate of drug-likeness (QED) is 0.154. The molecule has 0 aliphatic carbocycles. The van der Waals surface area contributed by atoms with Crippen LogP contribution in [0.4, 0.5) is 13.2 Å². The zero-order chi connectivity index (χ0) is 26.5. The molecule has 0 saturated carbocycles. The van der Waals surface area contributed by atoms with E-state index >= 15 is 0 Å². The molecule has 3 rings (SSSR count). The lowest BCUT2D eigenvalue weighted by molar-refractivity contribution is 0.173. The third-order valence-electron chi connectivity index (χ3n) is 8.06. The zero-order valence-electron chi connectivity index (χ0n) is 23.1. The molecular weight excluding hydrogens is 485 g/mol. The number of alkyl halides is 1. The highest BCUT2D eigenvalue weighted by molar-refractivity contribution is 6.59. The number of benzene rings is 2. The average molecular weight is 533 g/mol. The van der Waals surface area contributed by atoms with Gasteiger partial charge < -0.3 is 4.74 Å². The van der Waals surface area contributed by atoms with Gasteiger partial charge in [0.15, 0.2) is 17.4 Å². The van der Waals surface area contributed by atoms with Gasteiger partial charge >= 0.3 is 0 Å². The lowest BCUT2D eigenvalue weighted by Gasteiger charge is -2.28. The van der Waals surface area contributed by atoms with E-state index < -0.39 is 32.4 Å². The van der Waals surface area contributed by atoms with Gasteiger partial charge in [0.2, 0.25) is 0 Å². The predicted molar refractivity (Wildman–Crippen MR) is 153 cm³/mol. The van der Waals surface area contributed by atoms with Crippen molar-refractivity contribution < 1.29 is 17.9 Å². The first-order chi connectivity index (χ1) is 18.0. The van der Waals surface area contributed by atoms with E-state index in [1.807, 2.05) is 12.1 Å². The minimum Gasteiger partial charge on any atom is -0.485 e. The van der Waals surface area contributed by atoms with Crippen molar-refractivity contribution in [2.24, 2.45) is 0 Å². The third-order valence-corrected chi connectivity index (χ3v) is 11.6. The van der Waals surface area contributed by atoms with Crippen molar-refractivity contribution in [3.63, 3.8) is 0 Å². The maximum Gasteiger partial charge on any atom is 0.190 e. The van der Waals surface area contributed by atoms with E-state index in [9.17, 15) is 13.2 Å². The third kappa shape index (κ3) is 9.81. The fraction of sp³-hybridized carbons (Fsp3) is 0.625. The highest BCUT2D eigenvalue weighted by Gasteiger charge is 2.23. The number of rotatable bonds is 16. The molecule has 5 heteroatoms. The normalized spacial score (nSPS) is 18.6. The molecule has 0 aromatic heterocycles. The van der Waals surface area contributed by atoms with Crippen molar-refractivity contribution in [2.75, 3.05) is 6.61 Å². The molecule has 1 aliphatic heterocycles. The summed E-state index contributed by atoms with van der Waals surface area (Å²) in [7, 11) is -0.538. The van der Waals surface area contributed by atoms with Crippen LogP contribution in [0.1, 0.15) is 102 Å². The van der Waals surface area contributed by atoms with Gasteiger partial charge in [-0.1, -0.05) is 114 Å². The first-order valence-corrected chi connectivity index (χ1v) is 17.3. The summed E-state index contributed by atoms with van der Waals surface area (Å²) in [6, 6.07) is 15.1. The molecule has 1 atom stereocenters. The maximum atomic E-state index is 14.7. The Kier molecular flexibility index (Phi) is 13.1. The molecule has 1 heterocycles. The Balaban J connectivity index is 1.49. The molecule has 2 aromatic carbocycles. The summed E-state index contributed by atoms with van der Waals surface area (Å²) >= 11 is 0. The lowest BCUT2D eigenvalue weighted by Crippen LogP contribution is -2.20. The molecule has 0 spiro atoms. The minimum absolute atomic E-state index is 0.319. The lowest BCUT2D eigenvalue weighted by atomic mass is 9.92. The summed E-state index contributed by atoms with van der Waals surface area (Å²) in [5.74, 6) is -1.43. The monoisotopic (exact) mass is 532 g/mol. The highest BCUT2D eigenvalue weighted by Crippen LogP contribution is 2.36. The number of hydrogen-bond donors (Lipinski definition) is 0. The van der Waals surface area contributed by atoms with Crippen LogP contribution in [0.15, 0.2) is 36.4 Å². The average Bonchev–Trinajstić information content (AvgIpc) is 2.91. The fourth-order valence-corrected chi connectivity index (χ4v) is 9.16. The SMILES string of the molecule is CCCCCCCCC(F)COc1c(F)cc(-c2ccc(C3CC[SiH](CCCCC)CC3)cc2)cc1F. The fourth-order valence-electron chi connectivity index (χ4n) is 5.68. The van der Waals surface area contributed by atoms with Gasteiger partial charge in [0.1, 0.15) is 12.8 Å². The Morgan fingerprint density at radius 1 is 0.811 bits per heavy atom. The van der Waals surface area contributed by atoms with Crippen molar-refractivity contribution in [1.82, 2.24) is 0 Å². The van der Waals surface area contributed by atoms with Gasteiger partial charge in [-0.15, -0.1) is 0 Å². The molecule has 0 radical (unpaired) electrons. The van der Waals surface area contributed by atoms with Crippen molar-refractivity contribution in [3.8, 4) is 16.9 Å². The Bertz CT molecular complexity index is 886. The van der Waals surface area contributed by atoms with Crippen molar-refractivity contribution >= 4 is 8.80 Å². The summed E-state index contributed by atoms with van der Waals surface area (Å²) in [6.45, 7) is 4.12. The second kappa shape index (κ2) is 16.3. The number of ether oxygens (including phenoxy) is 1. The summed E-state index contributed by atoms with van der Waals surface area (Å²) in [4.78, 5) is 0. The second-order valence-corrected chi connectivity index (χ2v) is 14.5. The first kappa shape index (κ1) is 29.8. The van der Waals surface area contributed by atoms with Crippen LogP contribution in [-0.2, 0) is 0 Å². The molecule has 1 unspecified atom stereocenters. The standard InChI is InChI=1S/C32H47F3OSi/c1-3-5-7-8-9-10-12-29(33)24-36-32-30(34)22-28(23-31(32)35)26-15-13-25(14-16-26)27-17-20-37(21-18-27)19-11-6-4-2/h13-16,22-23,27,29,37H,3-12,17-21,24H2,1-2H3. The van der Waals surface area contributed by atoms with Gasteiger partial charge in [-0.05, 0) is 54.0 Å². The van der Waals surface area contributed by atoms with Gasteiger partial charge in [0.25, 0.3) is 0 Å². The van der Waals surface area contributed by atoms with Crippen LogP contribution < -0.4 is 4.74 Å². The smallest absolute Gasteiger partial charge is 0.190 e. The summed E-state index contributed by atoms with van der Waals surface area (Å²) in [5, 5.41) is 0. The van der Waals surface area contributed by atoms with Crippen LogP contribution in [0.25, 0.3) is 11.1 Å². The largest absolute Gasteiger partial charge is 0.485 e. The van der Waals surface area contributed by atoms with Crippen LogP contribution in [0.5, 0.6) is 5.75 Å². The maximum absolute atomic E-state index is 14.7. The van der Waals surface area contributed by atoms with Crippen LogP contribution >= 0.6 is 0 Å². The molecule has 0 bridgehead atoms. The van der Waals surface area contributed by atoms with Crippen molar-refractivity contribution in [3.05, 3.63) is 53.6 Å².